The van der Waals surface area contributed by atoms with Gasteiger partial charge in [0.05, 0.1) is 5.69 Å². The second kappa shape index (κ2) is 10.2. The van der Waals surface area contributed by atoms with Crippen molar-refractivity contribution >= 4 is 17.8 Å². The predicted octanol–water partition coefficient (Wildman–Crippen LogP) is 3.20. The molecule has 0 saturated heterocycles. The Balaban J connectivity index is 1.88. The first-order valence-corrected chi connectivity index (χ1v) is 9.91. The maximum atomic E-state index is 12.9. The number of ether oxygens (including phenoxy) is 1. The molecule has 3 rings (SSSR count). The molecule has 0 aliphatic heterocycles. The van der Waals surface area contributed by atoms with Crippen LogP contribution in [-0.4, -0.2) is 39.5 Å². The van der Waals surface area contributed by atoms with Gasteiger partial charge in [-0.2, -0.15) is 0 Å². The molecule has 1 amide bonds. The van der Waals surface area contributed by atoms with E-state index in [9.17, 15) is 14.4 Å². The molecule has 0 saturated carbocycles. The summed E-state index contributed by atoms with van der Waals surface area (Å²) in [6.07, 6.45) is 5.57. The number of esters is 1. The first kappa shape index (κ1) is 22.4. The summed E-state index contributed by atoms with van der Waals surface area (Å²) in [5.41, 5.74) is -0.322. The number of nitrogens with one attached hydrogen (secondary N) is 1. The normalized spacial score (nSPS) is 12.2. The van der Waals surface area contributed by atoms with E-state index in [1.807, 2.05) is 6.07 Å². The first-order chi connectivity index (χ1) is 15.5. The van der Waals surface area contributed by atoms with Crippen LogP contribution >= 0.6 is 0 Å². The van der Waals surface area contributed by atoms with Crippen LogP contribution < -0.4 is 5.32 Å². The molecular formula is C25H23N3O4. The third kappa shape index (κ3) is 5.07. The number of amides is 1. The highest BCUT2D eigenvalue weighted by Crippen LogP contribution is 2.18. The number of carbonyl (C=O) groups is 3. The molecule has 32 heavy (non-hydrogen) atoms. The van der Waals surface area contributed by atoms with Gasteiger partial charge in [-0.15, -0.1) is 6.58 Å². The maximum absolute atomic E-state index is 12.9. The zero-order chi connectivity index (χ0) is 23.0. The van der Waals surface area contributed by atoms with E-state index in [0.717, 1.165) is 0 Å². The summed E-state index contributed by atoms with van der Waals surface area (Å²) in [6.45, 7) is 7.26. The molecular weight excluding hydrogens is 406 g/mol. The second-order valence-electron chi connectivity index (χ2n) is 7.00. The van der Waals surface area contributed by atoms with E-state index in [-0.39, 0.29) is 18.9 Å². The molecule has 1 unspecified atom stereocenters. The summed E-state index contributed by atoms with van der Waals surface area (Å²) in [6, 6.07) is 17.2. The van der Waals surface area contributed by atoms with Crippen LogP contribution in [0.2, 0.25) is 0 Å². The minimum Gasteiger partial charge on any atom is -0.459 e. The average molecular weight is 429 g/mol. The largest absolute Gasteiger partial charge is 0.459 e. The molecule has 0 aliphatic carbocycles. The van der Waals surface area contributed by atoms with Gasteiger partial charge in [-0.25, -0.2) is 9.78 Å². The van der Waals surface area contributed by atoms with Crippen molar-refractivity contribution in [1.82, 2.24) is 14.9 Å². The van der Waals surface area contributed by atoms with Crippen LogP contribution in [0, 0.1) is 0 Å². The van der Waals surface area contributed by atoms with Gasteiger partial charge in [-0.1, -0.05) is 55.1 Å². The van der Waals surface area contributed by atoms with E-state index in [2.05, 4.69) is 23.5 Å². The van der Waals surface area contributed by atoms with Crippen molar-refractivity contribution in [3.05, 3.63) is 115 Å². The monoisotopic (exact) mass is 429 g/mol. The van der Waals surface area contributed by atoms with Crippen molar-refractivity contribution in [3.63, 3.8) is 0 Å². The Labute approximate surface area is 186 Å². The van der Waals surface area contributed by atoms with Gasteiger partial charge >= 0.3 is 5.97 Å². The molecule has 1 N–H and O–H groups in total. The number of aromatic nitrogens is 2. The Morgan fingerprint density at radius 1 is 1.00 bits per heavy atom. The third-order valence-electron chi connectivity index (χ3n) is 4.77. The van der Waals surface area contributed by atoms with Gasteiger partial charge in [0.25, 0.3) is 11.8 Å². The summed E-state index contributed by atoms with van der Waals surface area (Å²) >= 11 is 0. The Kier molecular flexibility index (Phi) is 7.13. The lowest BCUT2D eigenvalue weighted by atomic mass is 9.93. The highest BCUT2D eigenvalue weighted by atomic mass is 16.5. The Bertz CT molecular complexity index is 1120. The zero-order valence-corrected chi connectivity index (χ0v) is 17.4. The number of hydrogen-bond acceptors (Lipinski definition) is 5. The summed E-state index contributed by atoms with van der Waals surface area (Å²) in [5.74, 6) is -1.45. The molecule has 0 radical (unpaired) electrons. The number of nitrogens with zero attached hydrogens (tertiary/aromatic N) is 2. The van der Waals surface area contributed by atoms with Gasteiger partial charge in [-0.05, 0) is 24.3 Å². The van der Waals surface area contributed by atoms with Gasteiger partial charge < -0.3 is 10.1 Å². The van der Waals surface area contributed by atoms with Crippen LogP contribution in [0.3, 0.4) is 0 Å². The third-order valence-corrected chi connectivity index (χ3v) is 4.77. The number of rotatable bonds is 9. The lowest BCUT2D eigenvalue weighted by Gasteiger charge is -2.28. The predicted molar refractivity (Wildman–Crippen MR) is 120 cm³/mol. The first-order valence-electron chi connectivity index (χ1n) is 9.91. The minimum absolute atomic E-state index is 0.0312. The standard InChI is InChI=1S/C25H23N3O4/c1-3-15-32-24(31)25(4-2,27-22(29)19-11-7-5-8-12-19)16-21-17-28(18-26-21)23(30)20-13-9-6-10-14-20/h3-14,17-18H,1-2,15-16H2,(H,27,29). The SMILES string of the molecule is C=CCOC(=O)C(C=C)(Cc1cn(C(=O)c2ccccc2)cn1)NC(=O)c1ccccc1. The zero-order valence-electron chi connectivity index (χ0n) is 17.4. The molecule has 3 aromatic rings. The van der Waals surface area contributed by atoms with E-state index in [0.29, 0.717) is 16.8 Å². The van der Waals surface area contributed by atoms with Crippen molar-refractivity contribution in [1.29, 1.82) is 0 Å². The van der Waals surface area contributed by atoms with E-state index in [1.165, 1.54) is 29.2 Å². The molecule has 0 fully saturated rings. The minimum atomic E-state index is -1.59. The Morgan fingerprint density at radius 2 is 1.62 bits per heavy atom. The molecule has 2 aromatic carbocycles. The molecule has 162 valence electrons. The van der Waals surface area contributed by atoms with Gasteiger partial charge in [-0.3, -0.25) is 14.2 Å². The molecule has 7 heteroatoms. The van der Waals surface area contributed by atoms with Crippen LogP contribution in [0.15, 0.2) is 98.5 Å². The van der Waals surface area contributed by atoms with Crippen molar-refractivity contribution in [2.45, 2.75) is 12.0 Å². The van der Waals surface area contributed by atoms with Gasteiger partial charge in [0.15, 0.2) is 5.54 Å². The second-order valence-corrected chi connectivity index (χ2v) is 7.00. The van der Waals surface area contributed by atoms with E-state index in [1.54, 1.807) is 54.6 Å². The van der Waals surface area contributed by atoms with Crippen LogP contribution in [0.1, 0.15) is 26.4 Å². The molecule has 0 spiro atoms. The number of hydrogen-bond donors (Lipinski definition) is 1. The van der Waals surface area contributed by atoms with Gasteiger partial charge in [0, 0.05) is 23.7 Å². The molecule has 7 nitrogen and oxygen atoms in total. The van der Waals surface area contributed by atoms with E-state index >= 15 is 0 Å². The Hall–Kier alpha value is -4.26. The fourth-order valence-electron chi connectivity index (χ4n) is 3.08. The van der Waals surface area contributed by atoms with Crippen molar-refractivity contribution in [2.24, 2.45) is 0 Å². The van der Waals surface area contributed by atoms with Crippen molar-refractivity contribution in [3.8, 4) is 0 Å². The van der Waals surface area contributed by atoms with E-state index in [4.69, 9.17) is 4.74 Å². The highest BCUT2D eigenvalue weighted by molar-refractivity contribution is 5.99. The van der Waals surface area contributed by atoms with Crippen LogP contribution in [0.4, 0.5) is 0 Å². The van der Waals surface area contributed by atoms with Gasteiger partial charge in [0.2, 0.25) is 0 Å². The highest BCUT2D eigenvalue weighted by Gasteiger charge is 2.40. The van der Waals surface area contributed by atoms with Crippen LogP contribution in [0.5, 0.6) is 0 Å². The topological polar surface area (TPSA) is 90.3 Å². The molecule has 1 atom stereocenters. The average Bonchev–Trinajstić information content (AvgIpc) is 3.30. The smallest absolute Gasteiger partial charge is 0.336 e. The Morgan fingerprint density at radius 3 is 2.22 bits per heavy atom. The van der Waals surface area contributed by atoms with Gasteiger partial charge in [0.1, 0.15) is 12.9 Å². The summed E-state index contributed by atoms with van der Waals surface area (Å²) in [4.78, 5) is 42.7. The summed E-state index contributed by atoms with van der Waals surface area (Å²) < 4.78 is 6.56. The fourth-order valence-corrected chi connectivity index (χ4v) is 3.08. The summed E-state index contributed by atoms with van der Waals surface area (Å²) in [5, 5.41) is 2.72. The maximum Gasteiger partial charge on any atom is 0.336 e. The lowest BCUT2D eigenvalue weighted by Crippen LogP contribution is -2.55. The van der Waals surface area contributed by atoms with Crippen molar-refractivity contribution < 1.29 is 19.1 Å². The molecule has 1 heterocycles. The summed E-state index contributed by atoms with van der Waals surface area (Å²) in [7, 11) is 0. The number of benzene rings is 2. The quantitative estimate of drug-likeness (QED) is 0.417. The van der Waals surface area contributed by atoms with Crippen LogP contribution in [-0.2, 0) is 16.0 Å². The van der Waals surface area contributed by atoms with Crippen molar-refractivity contribution in [2.75, 3.05) is 6.61 Å². The van der Waals surface area contributed by atoms with E-state index < -0.39 is 17.4 Å². The lowest BCUT2D eigenvalue weighted by molar-refractivity contribution is -0.148. The number of carbonyl (C=O) groups excluding carboxylic acids is 3. The molecule has 0 bridgehead atoms. The molecule has 0 aliphatic rings. The van der Waals surface area contributed by atoms with Crippen LogP contribution in [0.25, 0.3) is 0 Å². The fraction of sp³-hybridized carbons (Fsp3) is 0.120. The molecule has 1 aromatic heterocycles. The number of imidazole rings is 1.